The van der Waals surface area contributed by atoms with E-state index in [0.29, 0.717) is 17.3 Å². The van der Waals surface area contributed by atoms with Crippen LogP contribution in [0.1, 0.15) is 51.9 Å². The van der Waals surface area contributed by atoms with Gasteiger partial charge in [0.2, 0.25) is 0 Å². The monoisotopic (exact) mass is 286 g/mol. The van der Waals surface area contributed by atoms with Crippen molar-refractivity contribution in [1.29, 1.82) is 0 Å². The predicted octanol–water partition coefficient (Wildman–Crippen LogP) is 4.12. The molecule has 8 unspecified atom stereocenters. The number of fused-ring (bicyclic) bond motifs is 7. The van der Waals surface area contributed by atoms with Crippen molar-refractivity contribution in [1.82, 2.24) is 0 Å². The van der Waals surface area contributed by atoms with Crippen LogP contribution in [0.2, 0.25) is 0 Å². The highest BCUT2D eigenvalue weighted by molar-refractivity contribution is 5.75. The maximum atomic E-state index is 11.9. The molecule has 21 heavy (non-hydrogen) atoms. The van der Waals surface area contributed by atoms with E-state index in [1.54, 1.807) is 0 Å². The number of allylic oxidation sites excluding steroid dienone is 2. The van der Waals surface area contributed by atoms with Gasteiger partial charge >= 0.3 is 5.97 Å². The molecule has 0 aromatic carbocycles. The van der Waals surface area contributed by atoms with Gasteiger partial charge in [0, 0.05) is 0 Å². The van der Waals surface area contributed by atoms with Crippen molar-refractivity contribution in [3.8, 4) is 0 Å². The Bertz CT molecular complexity index is 538. The Morgan fingerprint density at radius 3 is 2.67 bits per heavy atom. The fourth-order valence-corrected chi connectivity index (χ4v) is 7.62. The summed E-state index contributed by atoms with van der Waals surface area (Å²) in [5.74, 6) is 3.86. The first-order valence-electron chi connectivity index (χ1n) is 8.96. The summed E-state index contributed by atoms with van der Waals surface area (Å²) in [6.07, 6.45) is 14.0. The number of aliphatic carboxylic acids is 1. The van der Waals surface area contributed by atoms with Crippen LogP contribution < -0.4 is 0 Å². The maximum absolute atomic E-state index is 11.9. The topological polar surface area (TPSA) is 37.3 Å². The third-order valence-electron chi connectivity index (χ3n) is 8.46. The standard InChI is InChI=1S/C19H26O2/c1-18(17(20)21)5-4-13-12-8-14(16(13)18)15(9-12)19-6-2-11(10-19)3-7-19/h2,6,11-16H,3-5,7-10H2,1H3,(H,20,21). The summed E-state index contributed by atoms with van der Waals surface area (Å²) in [5.41, 5.74) is 0.0385. The van der Waals surface area contributed by atoms with E-state index in [0.717, 1.165) is 30.1 Å². The highest BCUT2D eigenvalue weighted by atomic mass is 16.4. The van der Waals surface area contributed by atoms with Crippen molar-refractivity contribution >= 4 is 5.97 Å². The highest BCUT2D eigenvalue weighted by Crippen LogP contribution is 2.71. The molecule has 0 aliphatic heterocycles. The lowest BCUT2D eigenvalue weighted by Gasteiger charge is -2.44. The smallest absolute Gasteiger partial charge is 0.309 e. The predicted molar refractivity (Wildman–Crippen MR) is 80.6 cm³/mol. The summed E-state index contributed by atoms with van der Waals surface area (Å²) >= 11 is 0. The third kappa shape index (κ3) is 1.38. The molecule has 2 heteroatoms. The summed E-state index contributed by atoms with van der Waals surface area (Å²) in [6, 6.07) is 0. The van der Waals surface area contributed by atoms with E-state index in [4.69, 9.17) is 0 Å². The van der Waals surface area contributed by atoms with Crippen LogP contribution in [0, 0.1) is 46.3 Å². The molecule has 4 fully saturated rings. The fraction of sp³-hybridized carbons (Fsp3) is 0.842. The molecular formula is C19H26O2. The van der Waals surface area contributed by atoms with Gasteiger partial charge in [0.25, 0.3) is 0 Å². The van der Waals surface area contributed by atoms with Crippen molar-refractivity contribution < 1.29 is 9.90 Å². The van der Waals surface area contributed by atoms with E-state index >= 15 is 0 Å². The molecule has 4 saturated carbocycles. The van der Waals surface area contributed by atoms with E-state index in [1.807, 2.05) is 0 Å². The second kappa shape index (κ2) is 3.75. The van der Waals surface area contributed by atoms with Gasteiger partial charge in [-0.2, -0.15) is 0 Å². The molecule has 5 aliphatic rings. The van der Waals surface area contributed by atoms with Crippen molar-refractivity contribution in [3.63, 3.8) is 0 Å². The van der Waals surface area contributed by atoms with Gasteiger partial charge in [0.15, 0.2) is 0 Å². The van der Waals surface area contributed by atoms with E-state index in [-0.39, 0.29) is 0 Å². The van der Waals surface area contributed by atoms with Crippen LogP contribution in [0.25, 0.3) is 0 Å². The lowest BCUT2D eigenvalue weighted by molar-refractivity contribution is -0.152. The van der Waals surface area contributed by atoms with Crippen molar-refractivity contribution in [2.45, 2.75) is 51.9 Å². The normalized spacial score (nSPS) is 59.9. The summed E-state index contributed by atoms with van der Waals surface area (Å²) in [6.45, 7) is 2.05. The molecule has 0 spiro atoms. The molecule has 0 radical (unpaired) electrons. The van der Waals surface area contributed by atoms with Crippen LogP contribution >= 0.6 is 0 Å². The zero-order valence-electron chi connectivity index (χ0n) is 12.9. The summed E-state index contributed by atoms with van der Waals surface area (Å²) in [4.78, 5) is 11.9. The van der Waals surface area contributed by atoms with Gasteiger partial charge in [-0.05, 0) is 92.8 Å². The van der Waals surface area contributed by atoms with E-state index in [2.05, 4.69) is 19.1 Å². The van der Waals surface area contributed by atoms with Crippen LogP contribution in [-0.2, 0) is 4.79 Å². The molecule has 5 aliphatic carbocycles. The zero-order chi connectivity index (χ0) is 14.4. The first kappa shape index (κ1) is 12.7. The van der Waals surface area contributed by atoms with Crippen molar-refractivity contribution in [3.05, 3.63) is 12.2 Å². The van der Waals surface area contributed by atoms with Gasteiger partial charge < -0.3 is 5.11 Å². The van der Waals surface area contributed by atoms with Gasteiger partial charge in [0.05, 0.1) is 5.41 Å². The minimum Gasteiger partial charge on any atom is -0.481 e. The first-order valence-corrected chi connectivity index (χ1v) is 8.96. The van der Waals surface area contributed by atoms with Gasteiger partial charge in [-0.25, -0.2) is 0 Å². The molecule has 8 atom stereocenters. The Labute approximate surface area is 127 Å². The number of hydrogen-bond acceptors (Lipinski definition) is 1. The molecule has 4 bridgehead atoms. The molecule has 2 nitrogen and oxygen atoms in total. The molecule has 114 valence electrons. The Morgan fingerprint density at radius 2 is 2.05 bits per heavy atom. The fourth-order valence-electron chi connectivity index (χ4n) is 7.62. The lowest BCUT2D eigenvalue weighted by Crippen LogP contribution is -2.43. The molecule has 1 N–H and O–H groups in total. The second-order valence-corrected chi connectivity index (χ2v) is 9.05. The van der Waals surface area contributed by atoms with Crippen LogP contribution in [0.3, 0.4) is 0 Å². The number of hydrogen-bond donors (Lipinski definition) is 1. The number of carboxylic acids is 1. The van der Waals surface area contributed by atoms with Gasteiger partial charge in [-0.15, -0.1) is 0 Å². The van der Waals surface area contributed by atoms with Crippen LogP contribution in [0.15, 0.2) is 12.2 Å². The minimum absolute atomic E-state index is 0.431. The zero-order valence-corrected chi connectivity index (χ0v) is 12.9. The quantitative estimate of drug-likeness (QED) is 0.775. The van der Waals surface area contributed by atoms with Crippen LogP contribution in [0.4, 0.5) is 0 Å². The first-order chi connectivity index (χ1) is 10.0. The minimum atomic E-state index is -0.523. The van der Waals surface area contributed by atoms with E-state index < -0.39 is 11.4 Å². The SMILES string of the molecule is CC1(C(=O)O)CCC2C3CC(C(C45C=CC(CC4)C5)C3)C21. The summed E-state index contributed by atoms with van der Waals surface area (Å²) in [7, 11) is 0. The molecule has 5 rings (SSSR count). The Hall–Kier alpha value is -0.790. The highest BCUT2D eigenvalue weighted by Gasteiger charge is 2.66. The summed E-state index contributed by atoms with van der Waals surface area (Å²) < 4.78 is 0. The number of rotatable bonds is 2. The molecule has 0 heterocycles. The number of carboxylic acid groups (broad SMARTS) is 1. The second-order valence-electron chi connectivity index (χ2n) is 9.05. The van der Waals surface area contributed by atoms with Crippen LogP contribution in [0.5, 0.6) is 0 Å². The molecule has 0 aromatic rings. The van der Waals surface area contributed by atoms with Crippen molar-refractivity contribution in [2.75, 3.05) is 0 Å². The van der Waals surface area contributed by atoms with E-state index in [9.17, 15) is 9.90 Å². The van der Waals surface area contributed by atoms with Crippen LogP contribution in [-0.4, -0.2) is 11.1 Å². The maximum Gasteiger partial charge on any atom is 0.309 e. The average Bonchev–Trinajstić information content (AvgIpc) is 3.23. The largest absolute Gasteiger partial charge is 0.481 e. The number of carbonyl (C=O) groups is 1. The van der Waals surface area contributed by atoms with Gasteiger partial charge in [-0.3, -0.25) is 4.79 Å². The molecule has 0 aromatic heterocycles. The Kier molecular flexibility index (Phi) is 2.27. The van der Waals surface area contributed by atoms with Crippen molar-refractivity contribution in [2.24, 2.45) is 46.3 Å². The molecule has 0 saturated heterocycles. The third-order valence-corrected chi connectivity index (χ3v) is 8.46. The molecule has 0 amide bonds. The Balaban J connectivity index is 1.51. The van der Waals surface area contributed by atoms with Gasteiger partial charge in [0.1, 0.15) is 0 Å². The molecular weight excluding hydrogens is 260 g/mol. The Morgan fingerprint density at radius 1 is 1.19 bits per heavy atom. The van der Waals surface area contributed by atoms with E-state index in [1.165, 1.54) is 38.5 Å². The summed E-state index contributed by atoms with van der Waals surface area (Å²) in [5, 5.41) is 9.81. The lowest BCUT2D eigenvalue weighted by atomic mass is 9.59. The van der Waals surface area contributed by atoms with Gasteiger partial charge in [-0.1, -0.05) is 12.2 Å². The average molecular weight is 286 g/mol.